The van der Waals surface area contributed by atoms with Gasteiger partial charge < -0.3 is 5.32 Å². The van der Waals surface area contributed by atoms with E-state index in [4.69, 9.17) is 11.6 Å². The minimum atomic E-state index is -3.67. The van der Waals surface area contributed by atoms with Crippen molar-refractivity contribution in [2.45, 2.75) is 19.9 Å². The number of sulfonamides is 1. The van der Waals surface area contributed by atoms with Gasteiger partial charge in [0.25, 0.3) is 0 Å². The number of hydrogen-bond acceptors (Lipinski definition) is 3. The summed E-state index contributed by atoms with van der Waals surface area (Å²) in [5.41, 5.74) is 1.75. The van der Waals surface area contributed by atoms with E-state index in [1.807, 2.05) is 0 Å². The molecule has 2 rings (SSSR count). The van der Waals surface area contributed by atoms with Gasteiger partial charge in [-0.25, -0.2) is 12.8 Å². The van der Waals surface area contributed by atoms with Gasteiger partial charge in [-0.05, 0) is 55.3 Å². The van der Waals surface area contributed by atoms with Crippen molar-refractivity contribution < 1.29 is 17.6 Å². The van der Waals surface area contributed by atoms with E-state index in [2.05, 4.69) is 5.32 Å². The maximum absolute atomic E-state index is 13.0. The zero-order valence-electron chi connectivity index (χ0n) is 14.7. The van der Waals surface area contributed by atoms with Crippen LogP contribution in [0.3, 0.4) is 0 Å². The van der Waals surface area contributed by atoms with Crippen molar-refractivity contribution >= 4 is 33.2 Å². The minimum absolute atomic E-state index is 0.367. The van der Waals surface area contributed by atoms with Gasteiger partial charge in [-0.2, -0.15) is 0 Å². The monoisotopic (exact) mass is 398 g/mol. The van der Waals surface area contributed by atoms with Crippen LogP contribution in [0.5, 0.6) is 0 Å². The third-order valence-electron chi connectivity index (χ3n) is 3.86. The Labute approximate surface area is 157 Å². The van der Waals surface area contributed by atoms with Crippen molar-refractivity contribution in [3.8, 4) is 0 Å². The fraction of sp³-hybridized carbons (Fsp3) is 0.278. The molecule has 0 saturated carbocycles. The lowest BCUT2D eigenvalue weighted by Crippen LogP contribution is -2.41. The zero-order valence-corrected chi connectivity index (χ0v) is 16.2. The predicted octanol–water partition coefficient (Wildman–Crippen LogP) is 3.43. The summed E-state index contributed by atoms with van der Waals surface area (Å²) in [4.78, 5) is 12.4. The van der Waals surface area contributed by atoms with Crippen molar-refractivity contribution in [3.05, 3.63) is 64.4 Å². The second-order valence-electron chi connectivity index (χ2n) is 6.04. The van der Waals surface area contributed by atoms with Gasteiger partial charge in [0.05, 0.1) is 18.0 Å². The first kappa shape index (κ1) is 20.2. The van der Waals surface area contributed by atoms with Crippen LogP contribution < -0.4 is 9.62 Å². The van der Waals surface area contributed by atoms with Gasteiger partial charge in [0.2, 0.25) is 15.9 Å². The molecule has 2 aromatic rings. The highest BCUT2D eigenvalue weighted by atomic mass is 35.5. The molecule has 0 heterocycles. The molecule has 1 atom stereocenters. The maximum Gasteiger partial charge on any atom is 0.241 e. The van der Waals surface area contributed by atoms with Crippen LogP contribution in [0.15, 0.2) is 42.5 Å². The van der Waals surface area contributed by atoms with Crippen molar-refractivity contribution in [3.63, 3.8) is 0 Å². The molecule has 5 nitrogen and oxygen atoms in total. The van der Waals surface area contributed by atoms with E-state index in [1.54, 1.807) is 44.2 Å². The quantitative estimate of drug-likeness (QED) is 0.810. The number of carbonyl (C=O) groups is 1. The molecule has 0 spiro atoms. The number of aryl methyl sites for hydroxylation is 1. The lowest BCUT2D eigenvalue weighted by atomic mass is 10.1. The number of benzene rings is 2. The first-order chi connectivity index (χ1) is 12.1. The van der Waals surface area contributed by atoms with E-state index in [9.17, 15) is 17.6 Å². The molecular formula is C18H20ClFN2O3S. The molecule has 0 aliphatic heterocycles. The number of nitrogens with zero attached hydrogens (tertiary/aromatic N) is 1. The van der Waals surface area contributed by atoms with E-state index in [1.165, 1.54) is 12.1 Å². The second kappa shape index (κ2) is 8.05. The first-order valence-electron chi connectivity index (χ1n) is 7.86. The molecule has 0 unspecified atom stereocenters. The van der Waals surface area contributed by atoms with Gasteiger partial charge in [0.15, 0.2) is 0 Å². The molecular weight excluding hydrogens is 379 g/mol. The van der Waals surface area contributed by atoms with Gasteiger partial charge in [-0.3, -0.25) is 9.10 Å². The summed E-state index contributed by atoms with van der Waals surface area (Å²) in [5.74, 6) is -0.838. The molecule has 26 heavy (non-hydrogen) atoms. The standard InChI is InChI=1S/C18H20ClFN2O3S/c1-12-10-15(19)6-9-17(12)22(26(3,24)25)11-18(23)21-13(2)14-4-7-16(20)8-5-14/h4-10,13H,11H2,1-3H3,(H,21,23)/t13-/m0/s1. The Balaban J connectivity index is 2.18. The minimum Gasteiger partial charge on any atom is -0.348 e. The Kier molecular flexibility index (Phi) is 6.26. The van der Waals surface area contributed by atoms with Gasteiger partial charge in [-0.15, -0.1) is 0 Å². The first-order valence-corrected chi connectivity index (χ1v) is 10.1. The highest BCUT2D eigenvalue weighted by Crippen LogP contribution is 2.25. The van der Waals surface area contributed by atoms with Crippen molar-refractivity contribution in [1.29, 1.82) is 0 Å². The van der Waals surface area contributed by atoms with E-state index in [-0.39, 0.29) is 12.4 Å². The molecule has 0 fully saturated rings. The van der Waals surface area contributed by atoms with Crippen LogP contribution in [0.25, 0.3) is 0 Å². The van der Waals surface area contributed by atoms with Crippen LogP contribution in [0.4, 0.5) is 10.1 Å². The Morgan fingerprint density at radius 2 is 1.85 bits per heavy atom. The van der Waals surface area contributed by atoms with E-state index >= 15 is 0 Å². The predicted molar refractivity (Wildman–Crippen MR) is 101 cm³/mol. The molecule has 2 aromatic carbocycles. The van der Waals surface area contributed by atoms with E-state index in [0.717, 1.165) is 10.6 Å². The average molecular weight is 399 g/mol. The topological polar surface area (TPSA) is 66.5 Å². The molecule has 0 bridgehead atoms. The number of hydrogen-bond donors (Lipinski definition) is 1. The smallest absolute Gasteiger partial charge is 0.241 e. The molecule has 0 aliphatic carbocycles. The van der Waals surface area contributed by atoms with Crippen LogP contribution in [-0.2, 0) is 14.8 Å². The molecule has 0 aliphatic rings. The molecule has 0 aromatic heterocycles. The summed E-state index contributed by atoms with van der Waals surface area (Å²) < 4.78 is 38.4. The van der Waals surface area contributed by atoms with E-state index < -0.39 is 22.0 Å². The number of anilines is 1. The summed E-state index contributed by atoms with van der Waals surface area (Å²) >= 11 is 5.92. The van der Waals surface area contributed by atoms with Gasteiger partial charge in [0.1, 0.15) is 12.4 Å². The summed E-state index contributed by atoms with van der Waals surface area (Å²) in [6.07, 6.45) is 1.04. The van der Waals surface area contributed by atoms with Crippen molar-refractivity contribution in [2.24, 2.45) is 0 Å². The highest BCUT2D eigenvalue weighted by molar-refractivity contribution is 7.92. The van der Waals surface area contributed by atoms with Gasteiger partial charge >= 0.3 is 0 Å². The lowest BCUT2D eigenvalue weighted by Gasteiger charge is -2.24. The van der Waals surface area contributed by atoms with Crippen molar-refractivity contribution in [2.75, 3.05) is 17.1 Å². The van der Waals surface area contributed by atoms with Crippen LogP contribution in [0, 0.1) is 12.7 Å². The summed E-state index contributed by atoms with van der Waals surface area (Å²) in [5, 5.41) is 3.21. The zero-order chi connectivity index (χ0) is 19.5. The Hall–Kier alpha value is -2.12. The van der Waals surface area contributed by atoms with Gasteiger partial charge in [0, 0.05) is 5.02 Å². The van der Waals surface area contributed by atoms with E-state index in [0.29, 0.717) is 21.8 Å². The molecule has 8 heteroatoms. The van der Waals surface area contributed by atoms with Crippen LogP contribution in [-0.4, -0.2) is 27.1 Å². The number of nitrogens with one attached hydrogen (secondary N) is 1. The number of amides is 1. The van der Waals surface area contributed by atoms with Crippen LogP contribution in [0.2, 0.25) is 5.02 Å². The largest absolute Gasteiger partial charge is 0.348 e. The summed E-state index contributed by atoms with van der Waals surface area (Å²) in [7, 11) is -3.67. The molecule has 0 saturated heterocycles. The summed E-state index contributed by atoms with van der Waals surface area (Å²) in [6.45, 7) is 3.09. The Morgan fingerprint density at radius 3 is 2.38 bits per heavy atom. The molecule has 1 amide bonds. The second-order valence-corrected chi connectivity index (χ2v) is 8.38. The molecule has 1 N–H and O–H groups in total. The lowest BCUT2D eigenvalue weighted by molar-refractivity contribution is -0.120. The summed E-state index contributed by atoms with van der Waals surface area (Å²) in [6, 6.07) is 10.1. The third kappa shape index (κ3) is 5.19. The Morgan fingerprint density at radius 1 is 1.23 bits per heavy atom. The number of carbonyl (C=O) groups excluding carboxylic acids is 1. The number of rotatable bonds is 6. The third-order valence-corrected chi connectivity index (χ3v) is 5.22. The number of halogens is 2. The van der Waals surface area contributed by atoms with Crippen molar-refractivity contribution in [1.82, 2.24) is 5.32 Å². The fourth-order valence-electron chi connectivity index (χ4n) is 2.53. The fourth-order valence-corrected chi connectivity index (χ4v) is 3.67. The highest BCUT2D eigenvalue weighted by Gasteiger charge is 2.23. The van der Waals surface area contributed by atoms with Gasteiger partial charge in [-0.1, -0.05) is 23.7 Å². The SMILES string of the molecule is Cc1cc(Cl)ccc1N(CC(=O)N[C@@H](C)c1ccc(F)cc1)S(C)(=O)=O. The normalized spacial score (nSPS) is 12.5. The molecule has 0 radical (unpaired) electrons. The molecule has 140 valence electrons. The Bertz CT molecular complexity index is 901. The average Bonchev–Trinajstić information content (AvgIpc) is 2.53. The maximum atomic E-state index is 13.0. The van der Waals surface area contributed by atoms with Crippen LogP contribution >= 0.6 is 11.6 Å². The van der Waals surface area contributed by atoms with Crippen LogP contribution in [0.1, 0.15) is 24.1 Å².